The molecule has 0 saturated heterocycles. The van der Waals surface area contributed by atoms with Crippen LogP contribution in [0.3, 0.4) is 0 Å². The van der Waals surface area contributed by atoms with Crippen molar-refractivity contribution < 1.29 is 28.9 Å². The fourth-order valence-electron chi connectivity index (χ4n) is 3.73. The van der Waals surface area contributed by atoms with Crippen LogP contribution >= 0.6 is 0 Å². The highest BCUT2D eigenvalue weighted by Crippen LogP contribution is 2.38. The minimum Gasteiger partial charge on any atom is -0.507 e. The molecule has 0 fully saturated rings. The first-order valence-electron chi connectivity index (χ1n) is 11.6. The fraction of sp³-hybridized carbons (Fsp3) is 0.370. The maximum Gasteiger partial charge on any atom is 0.308 e. The molecule has 2 aromatic rings. The Labute approximate surface area is 209 Å². The molecule has 0 saturated carbocycles. The summed E-state index contributed by atoms with van der Waals surface area (Å²) in [6, 6.07) is 5.11. The van der Waals surface area contributed by atoms with E-state index >= 15 is 0 Å². The molecule has 0 bridgehead atoms. The summed E-state index contributed by atoms with van der Waals surface area (Å²) in [6.07, 6.45) is 3.04. The van der Waals surface area contributed by atoms with Gasteiger partial charge < -0.3 is 20.3 Å². The number of carbonyl (C=O) groups excluding carboxylic acids is 2. The Hall–Kier alpha value is -4.06. The summed E-state index contributed by atoms with van der Waals surface area (Å²) in [5.74, 6) is -1.92. The van der Waals surface area contributed by atoms with Crippen molar-refractivity contribution in [3.05, 3.63) is 59.4 Å². The van der Waals surface area contributed by atoms with E-state index in [0.717, 1.165) is 6.08 Å². The molecule has 3 rings (SSSR count). The van der Waals surface area contributed by atoms with Crippen LogP contribution in [0.2, 0.25) is 0 Å². The summed E-state index contributed by atoms with van der Waals surface area (Å²) in [4.78, 5) is 25.6. The number of aromatic nitrogens is 2. The maximum atomic E-state index is 13.4. The smallest absolute Gasteiger partial charge is 0.308 e. The molecule has 1 amide bonds. The third-order valence-electron chi connectivity index (χ3n) is 5.07. The molecule has 0 unspecified atom stereocenters. The first-order chi connectivity index (χ1) is 16.8. The van der Waals surface area contributed by atoms with Crippen molar-refractivity contribution in [2.24, 2.45) is 5.92 Å². The van der Waals surface area contributed by atoms with Crippen LogP contribution in [-0.2, 0) is 9.53 Å². The molecule has 190 valence electrons. The zero-order chi connectivity index (χ0) is 26.6. The van der Waals surface area contributed by atoms with Crippen molar-refractivity contribution in [1.82, 2.24) is 15.1 Å². The van der Waals surface area contributed by atoms with E-state index < -0.39 is 29.3 Å². The summed E-state index contributed by atoms with van der Waals surface area (Å²) >= 11 is 0. The number of phenols is 2. The number of amides is 1. The lowest BCUT2D eigenvalue weighted by Crippen LogP contribution is -2.39. The average Bonchev–Trinajstić information content (AvgIpc) is 3.17. The monoisotopic (exact) mass is 495 g/mol. The van der Waals surface area contributed by atoms with Crippen molar-refractivity contribution in [1.29, 1.82) is 0 Å². The van der Waals surface area contributed by atoms with Crippen LogP contribution in [0.4, 0.5) is 4.39 Å². The lowest BCUT2D eigenvalue weighted by molar-refractivity contribution is -0.155. The van der Waals surface area contributed by atoms with E-state index in [2.05, 4.69) is 21.9 Å². The van der Waals surface area contributed by atoms with E-state index in [0.29, 0.717) is 6.42 Å². The summed E-state index contributed by atoms with van der Waals surface area (Å²) in [5.41, 5.74) is 4.68. The molecule has 3 N–H and O–H groups in total. The Morgan fingerprint density at radius 2 is 1.83 bits per heavy atom. The van der Waals surface area contributed by atoms with E-state index in [9.17, 15) is 24.2 Å². The lowest BCUT2D eigenvalue weighted by atomic mass is 10.0. The number of halogens is 1. The Bertz CT molecular complexity index is 1280. The first-order valence-corrected chi connectivity index (χ1v) is 11.6. The molecule has 8 nitrogen and oxygen atoms in total. The highest BCUT2D eigenvalue weighted by atomic mass is 19.1. The van der Waals surface area contributed by atoms with Gasteiger partial charge in [-0.15, -0.1) is 0 Å². The van der Waals surface area contributed by atoms with Gasteiger partial charge in [-0.1, -0.05) is 19.9 Å². The molecule has 1 aromatic carbocycles. The lowest BCUT2D eigenvalue weighted by Gasteiger charge is -2.23. The second-order valence-electron chi connectivity index (χ2n) is 9.90. The molecule has 0 aliphatic heterocycles. The summed E-state index contributed by atoms with van der Waals surface area (Å²) in [5, 5.41) is 28.0. The number of rotatable bonds is 8. The Morgan fingerprint density at radius 1 is 1.17 bits per heavy atom. The van der Waals surface area contributed by atoms with Gasteiger partial charge in [-0.25, -0.2) is 4.68 Å². The van der Waals surface area contributed by atoms with Crippen molar-refractivity contribution >= 4 is 17.6 Å². The zero-order valence-corrected chi connectivity index (χ0v) is 20.9. The second-order valence-corrected chi connectivity index (χ2v) is 9.90. The summed E-state index contributed by atoms with van der Waals surface area (Å²) in [6.45, 7) is 9.26. The number of esters is 1. The molecular weight excluding hydrogens is 465 g/mol. The van der Waals surface area contributed by atoms with Gasteiger partial charge in [0, 0.05) is 6.04 Å². The van der Waals surface area contributed by atoms with Crippen molar-refractivity contribution in [3.8, 4) is 22.8 Å². The molecule has 1 heterocycles. The van der Waals surface area contributed by atoms with Gasteiger partial charge in [-0.3, -0.25) is 9.59 Å². The maximum absolute atomic E-state index is 13.4. The average molecular weight is 496 g/mol. The van der Waals surface area contributed by atoms with Crippen LogP contribution in [0.5, 0.6) is 11.5 Å². The van der Waals surface area contributed by atoms with Crippen molar-refractivity contribution in [3.63, 3.8) is 0 Å². The highest BCUT2D eigenvalue weighted by molar-refractivity contribution is 5.95. The number of hydrogen-bond acceptors (Lipinski definition) is 6. The third-order valence-corrected chi connectivity index (χ3v) is 5.07. The quantitative estimate of drug-likeness (QED) is 0.356. The number of benzene rings is 1. The van der Waals surface area contributed by atoms with Crippen molar-refractivity contribution in [2.45, 2.75) is 59.1 Å². The van der Waals surface area contributed by atoms with Crippen molar-refractivity contribution in [2.75, 3.05) is 0 Å². The molecule has 1 aliphatic rings. The minimum atomic E-state index is -0.653. The van der Waals surface area contributed by atoms with Crippen LogP contribution in [-0.4, -0.2) is 43.5 Å². The van der Waals surface area contributed by atoms with Crippen LogP contribution in [0.25, 0.3) is 17.0 Å². The van der Waals surface area contributed by atoms with Gasteiger partial charge in [0.05, 0.1) is 17.7 Å². The number of phenolic OH excluding ortho intramolecular Hbond substituents is 2. The van der Waals surface area contributed by atoms with Crippen LogP contribution in [0.15, 0.2) is 53.7 Å². The number of nitrogens with zero attached hydrogens (tertiary/aromatic N) is 2. The SMILES string of the molecule is CC(C)C[C@@H](CC(=O)OC(C)(C)C)NC(=O)c1cc(-c2c(O)cccc2O)n(C2=C=C=C(F)C=C2)n1. The molecule has 0 radical (unpaired) electrons. The number of aromatic hydroxyl groups is 2. The van der Waals surface area contributed by atoms with Gasteiger partial charge in [0.25, 0.3) is 5.91 Å². The topological polar surface area (TPSA) is 114 Å². The van der Waals surface area contributed by atoms with Gasteiger partial charge in [0.2, 0.25) is 0 Å². The minimum absolute atomic E-state index is 0.0181. The number of nitrogens with one attached hydrogen (secondary N) is 1. The second kappa shape index (κ2) is 10.7. The molecule has 9 heteroatoms. The number of ether oxygens (including phenoxy) is 1. The molecule has 0 spiro atoms. The fourth-order valence-corrected chi connectivity index (χ4v) is 3.73. The van der Waals surface area contributed by atoms with E-state index in [1.165, 1.54) is 35.0 Å². The Kier molecular flexibility index (Phi) is 7.88. The van der Waals surface area contributed by atoms with Crippen LogP contribution in [0.1, 0.15) is 57.9 Å². The van der Waals surface area contributed by atoms with Gasteiger partial charge >= 0.3 is 5.97 Å². The number of hydrogen-bond donors (Lipinski definition) is 3. The largest absolute Gasteiger partial charge is 0.507 e. The first kappa shape index (κ1) is 26.5. The van der Waals surface area contributed by atoms with Crippen LogP contribution < -0.4 is 5.32 Å². The predicted molar refractivity (Wildman–Crippen MR) is 133 cm³/mol. The summed E-state index contributed by atoms with van der Waals surface area (Å²) in [7, 11) is 0. The van der Waals surface area contributed by atoms with Gasteiger partial charge in [0.15, 0.2) is 11.5 Å². The molecule has 36 heavy (non-hydrogen) atoms. The van der Waals surface area contributed by atoms with Gasteiger partial charge in [-0.05, 0) is 74.9 Å². The standard InChI is InChI=1S/C27H30FN3O5/c1-16(2)13-18(14-24(34)36-27(3,4)5)29-26(35)20-15-21(25-22(32)7-6-8-23(25)33)31(30-20)19-11-9-17(28)10-12-19/h6-9,11,15-16,18,32-33H,13-14H2,1-5H3,(H,29,35)/t18-/m0/s1. The van der Waals surface area contributed by atoms with Gasteiger partial charge in [0.1, 0.15) is 22.8 Å². The Morgan fingerprint density at radius 3 is 2.39 bits per heavy atom. The van der Waals surface area contributed by atoms with E-state index in [1.807, 2.05) is 13.8 Å². The van der Waals surface area contributed by atoms with E-state index in [4.69, 9.17) is 4.74 Å². The molecule has 1 atom stereocenters. The van der Waals surface area contributed by atoms with E-state index in [-0.39, 0.29) is 46.5 Å². The number of carbonyl (C=O) groups is 2. The zero-order valence-electron chi connectivity index (χ0n) is 20.9. The molecular formula is C27H30FN3O5. The normalized spacial score (nSPS) is 13.9. The number of allylic oxidation sites excluding steroid dienone is 4. The summed E-state index contributed by atoms with van der Waals surface area (Å²) < 4.78 is 20.1. The predicted octanol–water partition coefficient (Wildman–Crippen LogP) is 4.86. The van der Waals surface area contributed by atoms with Gasteiger partial charge in [-0.2, -0.15) is 9.49 Å². The highest BCUT2D eigenvalue weighted by Gasteiger charge is 2.26. The molecule has 1 aliphatic carbocycles. The third kappa shape index (κ3) is 6.75. The van der Waals surface area contributed by atoms with Crippen LogP contribution in [0, 0.1) is 5.92 Å². The van der Waals surface area contributed by atoms with E-state index in [1.54, 1.807) is 20.8 Å². The molecule has 1 aromatic heterocycles. The Balaban J connectivity index is 1.99.